The summed E-state index contributed by atoms with van der Waals surface area (Å²) in [4.78, 5) is 14.4. The van der Waals surface area contributed by atoms with E-state index in [1.165, 1.54) is 38.5 Å². The van der Waals surface area contributed by atoms with E-state index in [0.717, 1.165) is 31.7 Å². The number of nitrogens with two attached hydrogens (primary N) is 2. The summed E-state index contributed by atoms with van der Waals surface area (Å²) < 4.78 is 0. The molecular weight excluding hydrogens is 262 g/mol. The second-order valence-electron chi connectivity index (χ2n) is 7.63. The fraction of sp³-hybridized carbons (Fsp3) is 0.941. The topological polar surface area (TPSA) is 72.3 Å². The molecule has 2 rings (SSSR count). The molecule has 0 aliphatic heterocycles. The molecule has 2 unspecified atom stereocenters. The Bertz CT molecular complexity index is 352. The van der Waals surface area contributed by atoms with E-state index in [1.54, 1.807) is 0 Å². The highest BCUT2D eigenvalue weighted by Crippen LogP contribution is 2.34. The third-order valence-electron chi connectivity index (χ3n) is 5.48. The SMILES string of the molecule is CC(C)CCN(C1CCCC1)C1CCCC(N)(C(N)=O)C1. The number of hydrogen-bond acceptors (Lipinski definition) is 3. The van der Waals surface area contributed by atoms with Crippen molar-refractivity contribution in [2.75, 3.05) is 6.54 Å². The highest BCUT2D eigenvalue weighted by Gasteiger charge is 2.41. The van der Waals surface area contributed by atoms with Crippen LogP contribution in [0.1, 0.15) is 71.6 Å². The monoisotopic (exact) mass is 295 g/mol. The summed E-state index contributed by atoms with van der Waals surface area (Å²) >= 11 is 0. The molecule has 21 heavy (non-hydrogen) atoms. The van der Waals surface area contributed by atoms with Gasteiger partial charge in [-0.25, -0.2) is 0 Å². The maximum absolute atomic E-state index is 11.7. The summed E-state index contributed by atoms with van der Waals surface area (Å²) in [5, 5.41) is 0. The van der Waals surface area contributed by atoms with E-state index in [9.17, 15) is 4.79 Å². The van der Waals surface area contributed by atoms with Gasteiger partial charge >= 0.3 is 0 Å². The number of hydrogen-bond donors (Lipinski definition) is 2. The lowest BCUT2D eigenvalue weighted by atomic mass is 9.78. The average Bonchev–Trinajstić information content (AvgIpc) is 2.92. The smallest absolute Gasteiger partial charge is 0.237 e. The Morgan fingerprint density at radius 3 is 2.38 bits per heavy atom. The Hall–Kier alpha value is -0.610. The summed E-state index contributed by atoms with van der Waals surface area (Å²) in [5.74, 6) is 0.402. The molecule has 1 amide bonds. The highest BCUT2D eigenvalue weighted by atomic mass is 16.1. The number of amides is 1. The van der Waals surface area contributed by atoms with Gasteiger partial charge in [0.05, 0.1) is 5.54 Å². The Balaban J connectivity index is 2.05. The van der Waals surface area contributed by atoms with Gasteiger partial charge in [0.2, 0.25) is 5.91 Å². The van der Waals surface area contributed by atoms with Crippen molar-refractivity contribution in [2.24, 2.45) is 17.4 Å². The van der Waals surface area contributed by atoms with Crippen LogP contribution in [0.4, 0.5) is 0 Å². The van der Waals surface area contributed by atoms with Crippen LogP contribution in [0.25, 0.3) is 0 Å². The lowest BCUT2D eigenvalue weighted by molar-refractivity contribution is -0.125. The third kappa shape index (κ3) is 4.19. The van der Waals surface area contributed by atoms with Gasteiger partial charge in [-0.05, 0) is 57.4 Å². The third-order valence-corrected chi connectivity index (χ3v) is 5.48. The molecule has 2 aliphatic rings. The van der Waals surface area contributed by atoms with Gasteiger partial charge in [0, 0.05) is 12.1 Å². The molecular formula is C17H33N3O. The zero-order chi connectivity index (χ0) is 15.5. The largest absolute Gasteiger partial charge is 0.368 e. The molecule has 0 aromatic carbocycles. The molecule has 0 radical (unpaired) electrons. The van der Waals surface area contributed by atoms with Crippen LogP contribution >= 0.6 is 0 Å². The molecule has 4 heteroatoms. The van der Waals surface area contributed by atoms with Crippen molar-refractivity contribution in [3.05, 3.63) is 0 Å². The zero-order valence-corrected chi connectivity index (χ0v) is 13.8. The summed E-state index contributed by atoms with van der Waals surface area (Å²) in [6, 6.07) is 1.14. The first kappa shape index (κ1) is 16.8. The van der Waals surface area contributed by atoms with Gasteiger partial charge in [0.1, 0.15) is 0 Å². The van der Waals surface area contributed by atoms with Crippen molar-refractivity contribution < 1.29 is 4.79 Å². The minimum Gasteiger partial charge on any atom is -0.368 e. The summed E-state index contributed by atoms with van der Waals surface area (Å²) in [6.45, 7) is 5.70. The molecule has 0 aromatic rings. The lowest BCUT2D eigenvalue weighted by Crippen LogP contribution is -2.59. The number of carbonyl (C=O) groups excluding carboxylic acids is 1. The number of primary amides is 1. The zero-order valence-electron chi connectivity index (χ0n) is 13.8. The quantitative estimate of drug-likeness (QED) is 0.790. The summed E-state index contributed by atoms with van der Waals surface area (Å²) in [6.07, 6.45) is 10.2. The fourth-order valence-corrected chi connectivity index (χ4v) is 4.09. The molecule has 2 atom stereocenters. The van der Waals surface area contributed by atoms with Crippen molar-refractivity contribution in [2.45, 2.75) is 89.3 Å². The lowest BCUT2D eigenvalue weighted by Gasteiger charge is -2.44. The van der Waals surface area contributed by atoms with E-state index >= 15 is 0 Å². The van der Waals surface area contributed by atoms with Gasteiger partial charge in [0.15, 0.2) is 0 Å². The molecule has 0 saturated heterocycles. The molecule has 0 heterocycles. The number of carbonyl (C=O) groups is 1. The van der Waals surface area contributed by atoms with E-state index in [-0.39, 0.29) is 5.91 Å². The van der Waals surface area contributed by atoms with E-state index < -0.39 is 5.54 Å². The molecule has 4 nitrogen and oxygen atoms in total. The Kier molecular flexibility index (Phi) is 5.67. The van der Waals surface area contributed by atoms with Crippen LogP contribution in [0.5, 0.6) is 0 Å². The first-order valence-corrected chi connectivity index (χ1v) is 8.77. The number of rotatable bonds is 6. The van der Waals surface area contributed by atoms with Crippen molar-refractivity contribution in [1.29, 1.82) is 0 Å². The predicted molar refractivity (Wildman–Crippen MR) is 86.8 cm³/mol. The fourth-order valence-electron chi connectivity index (χ4n) is 4.09. The molecule has 4 N–H and O–H groups in total. The predicted octanol–water partition coefficient (Wildman–Crippen LogP) is 2.40. The van der Waals surface area contributed by atoms with Gasteiger partial charge in [-0.2, -0.15) is 0 Å². The average molecular weight is 295 g/mol. The summed E-state index contributed by atoms with van der Waals surface area (Å²) in [5.41, 5.74) is 11.1. The first-order chi connectivity index (χ1) is 9.92. The van der Waals surface area contributed by atoms with Crippen molar-refractivity contribution in [1.82, 2.24) is 4.90 Å². The molecule has 2 saturated carbocycles. The minimum absolute atomic E-state index is 0.317. The Morgan fingerprint density at radius 2 is 1.81 bits per heavy atom. The van der Waals surface area contributed by atoms with Crippen LogP contribution in [0.3, 0.4) is 0 Å². The van der Waals surface area contributed by atoms with E-state index in [4.69, 9.17) is 11.5 Å². The Morgan fingerprint density at radius 1 is 1.19 bits per heavy atom. The van der Waals surface area contributed by atoms with Crippen LogP contribution in [0, 0.1) is 5.92 Å². The summed E-state index contributed by atoms with van der Waals surface area (Å²) in [7, 11) is 0. The minimum atomic E-state index is -0.780. The van der Waals surface area contributed by atoms with Gasteiger partial charge in [0.25, 0.3) is 0 Å². The maximum Gasteiger partial charge on any atom is 0.237 e. The van der Waals surface area contributed by atoms with Crippen molar-refractivity contribution in [3.63, 3.8) is 0 Å². The van der Waals surface area contributed by atoms with E-state index in [1.807, 2.05) is 0 Å². The normalized spacial score (nSPS) is 31.2. The maximum atomic E-state index is 11.7. The highest BCUT2D eigenvalue weighted by molar-refractivity contribution is 5.84. The van der Waals surface area contributed by atoms with E-state index in [0.29, 0.717) is 12.1 Å². The van der Waals surface area contributed by atoms with Crippen LogP contribution in [0.2, 0.25) is 0 Å². The van der Waals surface area contributed by atoms with Crippen LogP contribution < -0.4 is 11.5 Å². The second kappa shape index (κ2) is 7.10. The van der Waals surface area contributed by atoms with Gasteiger partial charge < -0.3 is 11.5 Å². The van der Waals surface area contributed by atoms with Crippen LogP contribution in [-0.2, 0) is 4.79 Å². The molecule has 0 bridgehead atoms. The molecule has 2 aliphatic carbocycles. The van der Waals surface area contributed by atoms with Crippen LogP contribution in [-0.4, -0.2) is 35.0 Å². The Labute approximate surface area is 129 Å². The molecule has 0 spiro atoms. The van der Waals surface area contributed by atoms with Crippen LogP contribution in [0.15, 0.2) is 0 Å². The standard InChI is InChI=1S/C17H33N3O/c1-13(2)9-11-20(14-6-3-4-7-14)15-8-5-10-17(19,12-15)16(18)21/h13-15H,3-12,19H2,1-2H3,(H2,18,21). The first-order valence-electron chi connectivity index (χ1n) is 8.77. The molecule has 2 fully saturated rings. The van der Waals surface area contributed by atoms with Gasteiger partial charge in [-0.15, -0.1) is 0 Å². The van der Waals surface area contributed by atoms with Crippen molar-refractivity contribution >= 4 is 5.91 Å². The van der Waals surface area contributed by atoms with E-state index in [2.05, 4.69) is 18.7 Å². The van der Waals surface area contributed by atoms with Crippen molar-refractivity contribution in [3.8, 4) is 0 Å². The number of nitrogens with zero attached hydrogens (tertiary/aromatic N) is 1. The molecule has 0 aromatic heterocycles. The van der Waals surface area contributed by atoms with Gasteiger partial charge in [-0.1, -0.05) is 26.7 Å². The second-order valence-corrected chi connectivity index (χ2v) is 7.63. The molecule has 122 valence electrons. The van der Waals surface area contributed by atoms with Gasteiger partial charge in [-0.3, -0.25) is 9.69 Å².